The maximum atomic E-state index is 4.51. The molecule has 1 aliphatic carbocycles. The third-order valence-corrected chi connectivity index (χ3v) is 9.64. The number of nitrogens with zero attached hydrogens (tertiary/aromatic N) is 2. The lowest BCUT2D eigenvalue weighted by Gasteiger charge is -2.11. The molecule has 7 aromatic carbocycles. The Balaban J connectivity index is 1.13. The van der Waals surface area contributed by atoms with Crippen LogP contribution in [0.4, 0.5) is 0 Å². The second kappa shape index (κ2) is 9.25. The molecule has 2 heterocycles. The van der Waals surface area contributed by atoms with Gasteiger partial charge in [-0.25, -0.2) is 0 Å². The van der Waals surface area contributed by atoms with Crippen LogP contribution in [0.15, 0.2) is 158 Å². The van der Waals surface area contributed by atoms with Gasteiger partial charge in [-0.1, -0.05) is 109 Å². The van der Waals surface area contributed by atoms with E-state index < -0.39 is 0 Å². The minimum atomic E-state index is 1.16. The van der Waals surface area contributed by atoms with Crippen molar-refractivity contribution >= 4 is 43.4 Å². The van der Waals surface area contributed by atoms with E-state index in [-0.39, 0.29) is 0 Å². The summed E-state index contributed by atoms with van der Waals surface area (Å²) >= 11 is 0. The molecule has 2 nitrogen and oxygen atoms in total. The third-order valence-electron chi connectivity index (χ3n) is 9.64. The summed E-state index contributed by atoms with van der Waals surface area (Å²) in [6, 6.07) is 53.2. The zero-order valence-electron chi connectivity index (χ0n) is 24.4. The predicted molar refractivity (Wildman–Crippen MR) is 189 cm³/mol. The van der Waals surface area contributed by atoms with E-state index in [0.29, 0.717) is 0 Å². The van der Waals surface area contributed by atoms with Gasteiger partial charge in [0.15, 0.2) is 0 Å². The molecule has 0 radical (unpaired) electrons. The molecule has 0 unspecified atom stereocenters. The van der Waals surface area contributed by atoms with Crippen LogP contribution in [-0.2, 0) is 0 Å². The quantitative estimate of drug-likeness (QED) is 0.207. The minimum absolute atomic E-state index is 1.16. The summed E-state index contributed by atoms with van der Waals surface area (Å²) < 4.78 is 2.37. The van der Waals surface area contributed by atoms with Crippen LogP contribution >= 0.6 is 0 Å². The molecule has 0 N–H and O–H groups in total. The zero-order valence-corrected chi connectivity index (χ0v) is 24.4. The van der Waals surface area contributed by atoms with Crippen LogP contribution in [0.1, 0.15) is 0 Å². The van der Waals surface area contributed by atoms with Crippen molar-refractivity contribution in [1.82, 2.24) is 9.55 Å². The molecular weight excluding hydrogens is 544 g/mol. The highest BCUT2D eigenvalue weighted by Crippen LogP contribution is 2.49. The largest absolute Gasteiger partial charge is 0.309 e. The van der Waals surface area contributed by atoms with Crippen molar-refractivity contribution in [2.75, 3.05) is 0 Å². The van der Waals surface area contributed by atoms with Gasteiger partial charge in [0.05, 0.1) is 11.0 Å². The molecule has 1 aliphatic rings. The lowest BCUT2D eigenvalue weighted by molar-refractivity contribution is 1.18. The molecule has 0 atom stereocenters. The van der Waals surface area contributed by atoms with Gasteiger partial charge in [0.25, 0.3) is 0 Å². The van der Waals surface area contributed by atoms with Crippen LogP contribution in [-0.4, -0.2) is 9.55 Å². The van der Waals surface area contributed by atoms with E-state index in [1.807, 2.05) is 12.4 Å². The first-order chi connectivity index (χ1) is 22.3. The summed E-state index contributed by atoms with van der Waals surface area (Å²) in [6.45, 7) is 0. The van der Waals surface area contributed by atoms with E-state index >= 15 is 0 Å². The highest BCUT2D eigenvalue weighted by molar-refractivity contribution is 6.22. The predicted octanol–water partition coefficient (Wildman–Crippen LogP) is 11.5. The summed E-state index contributed by atoms with van der Waals surface area (Å²) in [6.07, 6.45) is 3.88. The average Bonchev–Trinajstić information content (AvgIpc) is 3.63. The summed E-state index contributed by atoms with van der Waals surface area (Å²) in [5.74, 6) is 0. The minimum Gasteiger partial charge on any atom is -0.309 e. The topological polar surface area (TPSA) is 17.8 Å². The maximum absolute atomic E-state index is 4.51. The van der Waals surface area contributed by atoms with Gasteiger partial charge in [-0.15, -0.1) is 0 Å². The van der Waals surface area contributed by atoms with Crippen LogP contribution in [0.5, 0.6) is 0 Å². The summed E-state index contributed by atoms with van der Waals surface area (Å²) in [4.78, 5) is 4.51. The Morgan fingerprint density at radius 1 is 0.400 bits per heavy atom. The lowest BCUT2D eigenvalue weighted by atomic mass is 9.93. The number of benzene rings is 7. The summed E-state index contributed by atoms with van der Waals surface area (Å²) in [5.41, 5.74) is 13.8. The maximum Gasteiger partial charge on any atom is 0.0548 e. The summed E-state index contributed by atoms with van der Waals surface area (Å²) in [5, 5.41) is 7.53. The second-order valence-corrected chi connectivity index (χ2v) is 12.0. The lowest BCUT2D eigenvalue weighted by Crippen LogP contribution is -1.93. The molecular formula is C43H26N2. The molecule has 0 spiro atoms. The van der Waals surface area contributed by atoms with E-state index in [2.05, 4.69) is 155 Å². The molecule has 208 valence electrons. The number of hydrogen-bond acceptors (Lipinski definition) is 1. The van der Waals surface area contributed by atoms with Gasteiger partial charge in [0.1, 0.15) is 0 Å². The Hall–Kier alpha value is -5.99. The van der Waals surface area contributed by atoms with Gasteiger partial charge >= 0.3 is 0 Å². The molecule has 2 aromatic heterocycles. The molecule has 0 saturated heterocycles. The van der Waals surface area contributed by atoms with Gasteiger partial charge < -0.3 is 4.57 Å². The number of hydrogen-bond donors (Lipinski definition) is 0. The van der Waals surface area contributed by atoms with Crippen LogP contribution in [0.25, 0.3) is 93.5 Å². The fourth-order valence-corrected chi connectivity index (χ4v) is 7.62. The Morgan fingerprint density at radius 2 is 1.09 bits per heavy atom. The van der Waals surface area contributed by atoms with Crippen molar-refractivity contribution in [2.45, 2.75) is 0 Å². The van der Waals surface area contributed by atoms with E-state index in [4.69, 9.17) is 0 Å². The average molecular weight is 571 g/mol. The van der Waals surface area contributed by atoms with Gasteiger partial charge in [-0.3, -0.25) is 4.98 Å². The highest BCUT2D eigenvalue weighted by Gasteiger charge is 2.22. The molecule has 0 amide bonds. The second-order valence-electron chi connectivity index (χ2n) is 12.0. The molecule has 0 aliphatic heterocycles. The van der Waals surface area contributed by atoms with Crippen LogP contribution in [0.2, 0.25) is 0 Å². The van der Waals surface area contributed by atoms with Crippen LogP contribution in [0.3, 0.4) is 0 Å². The van der Waals surface area contributed by atoms with Crippen molar-refractivity contribution in [3.63, 3.8) is 0 Å². The highest BCUT2D eigenvalue weighted by atomic mass is 15.0. The standard InChI is InChI=1S/C43H26N2/c1-2-7-31(8-3-1)45-40-21-18-30(25-38(40)43-39-26-44-24-23-29(39)17-22-41(43)45)27-13-15-28(16-14-27)32-19-20-37-34-10-5-4-9-33(34)36-12-6-11-35(32)42(36)37/h1-26H. The van der Waals surface area contributed by atoms with Gasteiger partial charge in [-0.2, -0.15) is 0 Å². The normalized spacial score (nSPS) is 12.0. The monoisotopic (exact) mass is 570 g/mol. The Bertz CT molecular complexity index is 2600. The number of fused-ring (bicyclic) bond motifs is 8. The smallest absolute Gasteiger partial charge is 0.0548 e. The molecule has 0 fully saturated rings. The Labute approximate surface area is 260 Å². The molecule has 9 aromatic rings. The first-order valence-electron chi connectivity index (χ1n) is 15.5. The number of pyridine rings is 1. The van der Waals surface area contributed by atoms with Crippen molar-refractivity contribution in [1.29, 1.82) is 0 Å². The van der Waals surface area contributed by atoms with Gasteiger partial charge in [0.2, 0.25) is 0 Å². The van der Waals surface area contributed by atoms with Gasteiger partial charge in [0, 0.05) is 34.2 Å². The third kappa shape index (κ3) is 3.48. The summed E-state index contributed by atoms with van der Waals surface area (Å²) in [7, 11) is 0. The first kappa shape index (κ1) is 24.5. The molecule has 10 rings (SSSR count). The van der Waals surface area contributed by atoms with E-state index in [0.717, 1.165) is 5.69 Å². The number of rotatable bonds is 3. The van der Waals surface area contributed by atoms with Gasteiger partial charge in [-0.05, 0) is 97.1 Å². The first-order valence-corrected chi connectivity index (χ1v) is 15.5. The molecule has 45 heavy (non-hydrogen) atoms. The Kier molecular flexibility index (Phi) is 5.03. The van der Waals surface area contributed by atoms with E-state index in [1.165, 1.54) is 87.9 Å². The SMILES string of the molecule is c1ccc(-n2c3ccc(-c4ccc(-c5ccc6c7c(cccc57)-c5ccccc5-6)cc4)cc3c3c4cnccc4ccc32)cc1. The molecule has 2 heteroatoms. The van der Waals surface area contributed by atoms with Crippen molar-refractivity contribution in [3.05, 3.63) is 158 Å². The number of para-hydroxylation sites is 1. The van der Waals surface area contributed by atoms with Crippen LogP contribution < -0.4 is 0 Å². The van der Waals surface area contributed by atoms with E-state index in [1.54, 1.807) is 0 Å². The fraction of sp³-hybridized carbons (Fsp3) is 0. The van der Waals surface area contributed by atoms with Crippen molar-refractivity contribution < 1.29 is 0 Å². The van der Waals surface area contributed by atoms with Crippen LogP contribution in [0, 0.1) is 0 Å². The van der Waals surface area contributed by atoms with Crippen molar-refractivity contribution in [3.8, 4) is 50.2 Å². The Morgan fingerprint density at radius 3 is 1.93 bits per heavy atom. The molecule has 0 saturated carbocycles. The zero-order chi connectivity index (χ0) is 29.5. The van der Waals surface area contributed by atoms with Crippen molar-refractivity contribution in [2.24, 2.45) is 0 Å². The van der Waals surface area contributed by atoms with E-state index in [9.17, 15) is 0 Å². The molecule has 0 bridgehead atoms. The number of aromatic nitrogens is 2. The fourth-order valence-electron chi connectivity index (χ4n) is 7.62.